The predicted octanol–water partition coefficient (Wildman–Crippen LogP) is 5.93. The van der Waals surface area contributed by atoms with Crippen LogP contribution in [0.25, 0.3) is 11.0 Å². The van der Waals surface area contributed by atoms with Gasteiger partial charge in [0, 0.05) is 6.07 Å². The zero-order valence-electron chi connectivity index (χ0n) is 17.8. The zero-order valence-corrected chi connectivity index (χ0v) is 17.8. The molecule has 1 aromatic heterocycles. The van der Waals surface area contributed by atoms with Crippen molar-refractivity contribution in [1.82, 2.24) is 0 Å². The molecule has 0 unspecified atom stereocenters. The fraction of sp³-hybridized carbons (Fsp3) is 0.120. The van der Waals surface area contributed by atoms with Crippen LogP contribution >= 0.6 is 0 Å². The van der Waals surface area contributed by atoms with Crippen LogP contribution in [0, 0.1) is 6.92 Å². The molecule has 0 spiro atoms. The molecular weight excluding hydrogens is 451 g/mol. The normalized spacial score (nSPS) is 11.3. The third-order valence-corrected chi connectivity index (χ3v) is 4.84. The van der Waals surface area contributed by atoms with E-state index in [4.69, 9.17) is 13.9 Å². The maximum absolute atomic E-state index is 13.1. The van der Waals surface area contributed by atoms with E-state index in [1.165, 1.54) is 36.6 Å². The number of carbonyl (C=O) groups excluding carboxylic acids is 1. The number of hydrogen-bond acceptors (Lipinski definition) is 5. The molecule has 34 heavy (non-hydrogen) atoms. The molecule has 1 heterocycles. The molecule has 4 aromatic rings. The van der Waals surface area contributed by atoms with Crippen LogP contribution in [0.1, 0.15) is 11.1 Å². The molecule has 1 amide bonds. The lowest BCUT2D eigenvalue weighted by Gasteiger charge is -2.14. The largest absolute Gasteiger partial charge is 0.484 e. The summed E-state index contributed by atoms with van der Waals surface area (Å²) >= 11 is 0. The van der Waals surface area contributed by atoms with Crippen molar-refractivity contribution < 1.29 is 31.9 Å². The summed E-state index contributed by atoms with van der Waals surface area (Å²) in [6, 6.07) is 16.1. The van der Waals surface area contributed by atoms with Gasteiger partial charge in [-0.2, -0.15) is 13.2 Å². The van der Waals surface area contributed by atoms with Gasteiger partial charge in [0.05, 0.1) is 16.6 Å². The van der Waals surface area contributed by atoms with E-state index < -0.39 is 29.7 Å². The summed E-state index contributed by atoms with van der Waals surface area (Å²) in [7, 11) is 0. The molecule has 0 aliphatic rings. The lowest BCUT2D eigenvalue weighted by Crippen LogP contribution is -2.22. The number of fused-ring (bicyclic) bond motifs is 1. The van der Waals surface area contributed by atoms with Crippen LogP contribution in [0.15, 0.2) is 82.2 Å². The van der Waals surface area contributed by atoms with Crippen molar-refractivity contribution in [3.05, 3.63) is 94.3 Å². The number of halogens is 3. The minimum absolute atomic E-state index is 0.00716. The van der Waals surface area contributed by atoms with E-state index in [2.05, 4.69) is 5.32 Å². The number of rotatable bonds is 6. The topological polar surface area (TPSA) is 77.8 Å². The van der Waals surface area contributed by atoms with E-state index in [1.54, 1.807) is 12.1 Å². The number of anilines is 1. The van der Waals surface area contributed by atoms with E-state index >= 15 is 0 Å². The average molecular weight is 469 g/mol. The van der Waals surface area contributed by atoms with Crippen molar-refractivity contribution in [1.29, 1.82) is 0 Å². The maximum atomic E-state index is 13.1. The van der Waals surface area contributed by atoms with Crippen molar-refractivity contribution in [3.63, 3.8) is 0 Å². The van der Waals surface area contributed by atoms with Gasteiger partial charge in [0.25, 0.3) is 5.91 Å². The Morgan fingerprint density at radius 3 is 2.44 bits per heavy atom. The number of nitrogens with one attached hydrogen (secondary N) is 1. The minimum atomic E-state index is -4.61. The molecule has 0 saturated heterocycles. The number of aryl methyl sites for hydroxylation is 1. The summed E-state index contributed by atoms with van der Waals surface area (Å²) in [5.74, 6) is -0.0924. The summed E-state index contributed by atoms with van der Waals surface area (Å²) < 4.78 is 55.7. The molecule has 174 valence electrons. The van der Waals surface area contributed by atoms with Gasteiger partial charge in [-0.1, -0.05) is 29.8 Å². The van der Waals surface area contributed by atoms with Gasteiger partial charge in [-0.25, -0.2) is 0 Å². The van der Waals surface area contributed by atoms with E-state index in [0.717, 1.165) is 17.7 Å². The van der Waals surface area contributed by atoms with Gasteiger partial charge in [0.15, 0.2) is 6.61 Å². The van der Waals surface area contributed by atoms with Crippen molar-refractivity contribution in [2.24, 2.45) is 0 Å². The van der Waals surface area contributed by atoms with E-state index in [9.17, 15) is 22.8 Å². The molecule has 3 aromatic carbocycles. The highest BCUT2D eigenvalue weighted by Gasteiger charge is 2.33. The summed E-state index contributed by atoms with van der Waals surface area (Å²) in [6.45, 7) is 1.38. The highest BCUT2D eigenvalue weighted by Crippen LogP contribution is 2.34. The summed E-state index contributed by atoms with van der Waals surface area (Å²) in [5.41, 5.74) is -0.478. The first-order valence-electron chi connectivity index (χ1n) is 10.1. The Morgan fingerprint density at radius 2 is 1.71 bits per heavy atom. The third-order valence-electron chi connectivity index (χ3n) is 4.84. The van der Waals surface area contributed by atoms with Crippen LogP contribution in [-0.4, -0.2) is 12.5 Å². The lowest BCUT2D eigenvalue weighted by molar-refractivity contribution is -0.137. The van der Waals surface area contributed by atoms with Crippen molar-refractivity contribution >= 4 is 22.6 Å². The number of ether oxygens (including phenoxy) is 2. The molecule has 0 saturated carbocycles. The van der Waals surface area contributed by atoms with Crippen LogP contribution in [0.3, 0.4) is 0 Å². The highest BCUT2D eigenvalue weighted by molar-refractivity contribution is 5.92. The van der Waals surface area contributed by atoms with Crippen LogP contribution in [-0.2, 0) is 11.0 Å². The van der Waals surface area contributed by atoms with Gasteiger partial charge in [-0.15, -0.1) is 0 Å². The molecule has 0 radical (unpaired) electrons. The summed E-state index contributed by atoms with van der Waals surface area (Å²) in [5, 5.41) is 2.43. The van der Waals surface area contributed by atoms with Gasteiger partial charge in [-0.3, -0.25) is 9.59 Å². The molecule has 6 nitrogen and oxygen atoms in total. The van der Waals surface area contributed by atoms with Crippen LogP contribution in [0.4, 0.5) is 18.9 Å². The molecule has 9 heteroatoms. The smallest absolute Gasteiger partial charge is 0.418 e. The molecule has 0 atom stereocenters. The fourth-order valence-corrected chi connectivity index (χ4v) is 3.16. The van der Waals surface area contributed by atoms with Gasteiger partial charge < -0.3 is 19.2 Å². The minimum Gasteiger partial charge on any atom is -0.484 e. The Balaban J connectivity index is 1.45. The standard InChI is InChI=1S/C25H18F3NO5/c1-15-6-8-16(9-7-15)34-22-13-33-21-12-17(10-11-18(21)24(22)31)32-14-23(30)29-20-5-3-2-4-19(20)25(26,27)28/h2-13H,14H2,1H3,(H,29,30). The predicted molar refractivity (Wildman–Crippen MR) is 119 cm³/mol. The van der Waals surface area contributed by atoms with Gasteiger partial charge >= 0.3 is 6.18 Å². The first-order valence-corrected chi connectivity index (χ1v) is 10.1. The average Bonchev–Trinajstić information content (AvgIpc) is 2.80. The van der Waals surface area contributed by atoms with Crippen molar-refractivity contribution in [3.8, 4) is 17.2 Å². The molecule has 4 rings (SSSR count). The Hall–Kier alpha value is -4.27. The first-order chi connectivity index (χ1) is 16.2. The highest BCUT2D eigenvalue weighted by atomic mass is 19.4. The Labute approximate surface area is 191 Å². The maximum Gasteiger partial charge on any atom is 0.418 e. The molecular formula is C25H18F3NO5. The van der Waals surface area contributed by atoms with Gasteiger partial charge in [-0.05, 0) is 43.3 Å². The molecule has 1 N–H and O–H groups in total. The quantitative estimate of drug-likeness (QED) is 0.379. The van der Waals surface area contributed by atoms with E-state index in [1.807, 2.05) is 19.1 Å². The monoisotopic (exact) mass is 469 g/mol. The number of benzene rings is 3. The van der Waals surface area contributed by atoms with Crippen LogP contribution in [0.2, 0.25) is 0 Å². The SMILES string of the molecule is Cc1ccc(Oc2coc3cc(OCC(=O)Nc4ccccc4C(F)(F)F)ccc3c2=O)cc1. The third kappa shape index (κ3) is 5.20. The molecule has 0 aliphatic carbocycles. The summed E-state index contributed by atoms with van der Waals surface area (Å²) in [6.07, 6.45) is -3.43. The first kappa shape index (κ1) is 22.9. The van der Waals surface area contributed by atoms with Crippen molar-refractivity contribution in [2.75, 3.05) is 11.9 Å². The second-order valence-corrected chi connectivity index (χ2v) is 7.38. The van der Waals surface area contributed by atoms with E-state index in [0.29, 0.717) is 5.75 Å². The number of para-hydroxylation sites is 1. The molecule has 0 bridgehead atoms. The van der Waals surface area contributed by atoms with E-state index in [-0.39, 0.29) is 28.2 Å². The Kier molecular flexibility index (Phi) is 6.27. The van der Waals surface area contributed by atoms with Crippen molar-refractivity contribution in [2.45, 2.75) is 13.1 Å². The number of carbonyl (C=O) groups is 1. The summed E-state index contributed by atoms with van der Waals surface area (Å²) in [4.78, 5) is 24.8. The number of hydrogen-bond donors (Lipinski definition) is 1. The zero-order chi connectivity index (χ0) is 24.3. The molecule has 0 fully saturated rings. The van der Waals surface area contributed by atoms with Gasteiger partial charge in [0.1, 0.15) is 23.3 Å². The lowest BCUT2D eigenvalue weighted by atomic mass is 10.1. The van der Waals surface area contributed by atoms with Gasteiger partial charge in [0.2, 0.25) is 11.2 Å². The molecule has 0 aliphatic heterocycles. The number of alkyl halides is 3. The Bertz CT molecular complexity index is 1390. The fourth-order valence-electron chi connectivity index (χ4n) is 3.16. The van der Waals surface area contributed by atoms with Crippen LogP contribution < -0.4 is 20.2 Å². The van der Waals surface area contributed by atoms with Crippen LogP contribution in [0.5, 0.6) is 17.2 Å². The Morgan fingerprint density at radius 1 is 1.00 bits per heavy atom. The second kappa shape index (κ2) is 9.30. The second-order valence-electron chi connectivity index (χ2n) is 7.38. The number of amides is 1.